The lowest BCUT2D eigenvalue weighted by Crippen LogP contribution is -2.41. The summed E-state index contributed by atoms with van der Waals surface area (Å²) in [6, 6.07) is 10.8. The number of fused-ring (bicyclic) bond motifs is 3. The Hall–Kier alpha value is -3.12. The zero-order valence-electron chi connectivity index (χ0n) is 11.9. The number of ether oxygens (including phenoxy) is 1. The summed E-state index contributed by atoms with van der Waals surface area (Å²) in [5.41, 5.74) is 0.348. The molecule has 1 aromatic carbocycles. The molecular weight excluding hydrogens is 280 g/mol. The lowest BCUT2D eigenvalue weighted by atomic mass is 9.95. The van der Waals surface area contributed by atoms with Crippen molar-refractivity contribution in [1.29, 1.82) is 10.5 Å². The first kappa shape index (κ1) is 13.8. The number of hydrogen-bond donors (Lipinski definition) is 0. The van der Waals surface area contributed by atoms with Crippen LogP contribution < -0.4 is 0 Å². The highest BCUT2D eigenvalue weighted by Crippen LogP contribution is 2.45. The molecule has 0 amide bonds. The third-order valence-corrected chi connectivity index (χ3v) is 3.73. The predicted molar refractivity (Wildman–Crippen MR) is 77.3 cm³/mol. The van der Waals surface area contributed by atoms with Crippen molar-refractivity contribution in [3.05, 3.63) is 47.0 Å². The van der Waals surface area contributed by atoms with E-state index in [0.29, 0.717) is 0 Å². The quantitative estimate of drug-likeness (QED) is 0.773. The number of hydrogen-bond acceptors (Lipinski definition) is 6. The lowest BCUT2D eigenvalue weighted by Gasteiger charge is -2.33. The number of nitrogens with zero attached hydrogens (tertiary/aromatic N) is 4. The molecule has 0 spiro atoms. The Morgan fingerprint density at radius 1 is 1.41 bits per heavy atom. The van der Waals surface area contributed by atoms with E-state index in [2.05, 4.69) is 5.10 Å². The van der Waals surface area contributed by atoms with Crippen LogP contribution >= 0.6 is 0 Å². The van der Waals surface area contributed by atoms with Crippen molar-refractivity contribution in [2.45, 2.75) is 18.5 Å². The van der Waals surface area contributed by atoms with Crippen molar-refractivity contribution < 1.29 is 9.53 Å². The number of rotatable bonds is 2. The molecule has 1 atom stereocenters. The van der Waals surface area contributed by atoms with E-state index >= 15 is 0 Å². The molecule has 0 N–H and O–H groups in total. The highest BCUT2D eigenvalue weighted by Gasteiger charge is 2.51. The molecule has 1 unspecified atom stereocenters. The Morgan fingerprint density at radius 3 is 2.82 bits per heavy atom. The monoisotopic (exact) mass is 292 g/mol. The summed E-state index contributed by atoms with van der Waals surface area (Å²) in [6.45, 7) is 1.93. The van der Waals surface area contributed by atoms with Gasteiger partial charge in [-0.05, 0) is 18.6 Å². The zero-order valence-corrected chi connectivity index (χ0v) is 11.9. The average molecular weight is 292 g/mol. The number of benzene rings is 1. The fourth-order valence-corrected chi connectivity index (χ4v) is 2.74. The van der Waals surface area contributed by atoms with Crippen LogP contribution in [0.4, 0.5) is 0 Å². The molecule has 0 saturated carbocycles. The maximum atomic E-state index is 12.2. The zero-order chi connectivity index (χ0) is 15.7. The van der Waals surface area contributed by atoms with Gasteiger partial charge in [0.1, 0.15) is 18.2 Å². The molecule has 0 aliphatic carbocycles. The van der Waals surface area contributed by atoms with E-state index in [1.807, 2.05) is 36.4 Å². The van der Waals surface area contributed by atoms with Crippen LogP contribution in [-0.2, 0) is 9.53 Å². The Morgan fingerprint density at radius 2 is 2.14 bits per heavy atom. The average Bonchev–Trinajstić information content (AvgIpc) is 2.91. The van der Waals surface area contributed by atoms with Crippen LogP contribution in [0.25, 0.3) is 0 Å². The fourth-order valence-electron chi connectivity index (χ4n) is 2.74. The molecule has 2 aliphatic rings. The van der Waals surface area contributed by atoms with Crippen LogP contribution in [0.15, 0.2) is 41.0 Å². The predicted octanol–water partition coefficient (Wildman–Crippen LogP) is 1.67. The normalized spacial score (nSPS) is 20.2. The van der Waals surface area contributed by atoms with Crippen LogP contribution in [0.5, 0.6) is 0 Å². The van der Waals surface area contributed by atoms with Crippen molar-refractivity contribution in [2.75, 3.05) is 6.61 Å². The van der Waals surface area contributed by atoms with Crippen LogP contribution in [0.1, 0.15) is 24.1 Å². The van der Waals surface area contributed by atoms with Crippen molar-refractivity contribution in [3.63, 3.8) is 0 Å². The molecule has 0 radical (unpaired) electrons. The largest absolute Gasteiger partial charge is 0.463 e. The van der Waals surface area contributed by atoms with Gasteiger partial charge in [-0.15, -0.1) is 0 Å². The first-order valence-electron chi connectivity index (χ1n) is 6.81. The van der Waals surface area contributed by atoms with Crippen LogP contribution in [-0.4, -0.2) is 29.3 Å². The Kier molecular flexibility index (Phi) is 3.15. The summed E-state index contributed by atoms with van der Waals surface area (Å²) in [4.78, 5) is 12.2. The molecular formula is C16H12N4O2. The third kappa shape index (κ3) is 1.78. The number of hydrazone groups is 1. The van der Waals surface area contributed by atoms with Crippen molar-refractivity contribution in [1.82, 2.24) is 5.01 Å². The standard InChI is InChI=1S/C16H12N4O2/c1-2-22-15(21)13-7-16(9-17,10-18)20-14(13)12-6-4-3-5-11(12)8-19-20/h3-8,14H,2H2,1H3. The third-order valence-electron chi connectivity index (χ3n) is 3.73. The number of nitriles is 2. The highest BCUT2D eigenvalue weighted by molar-refractivity contribution is 5.94. The minimum absolute atomic E-state index is 0.222. The Balaban J connectivity index is 2.18. The number of esters is 1. The number of carbonyl (C=O) groups excluding carboxylic acids is 1. The summed E-state index contributed by atoms with van der Waals surface area (Å²) in [5, 5.41) is 24.5. The summed E-state index contributed by atoms with van der Waals surface area (Å²) in [5.74, 6) is -0.531. The molecule has 0 saturated heterocycles. The van der Waals surface area contributed by atoms with E-state index in [4.69, 9.17) is 4.74 Å². The molecule has 3 rings (SSSR count). The maximum Gasteiger partial charge on any atom is 0.336 e. The van der Waals surface area contributed by atoms with Crippen LogP contribution in [0.2, 0.25) is 0 Å². The second kappa shape index (κ2) is 5.01. The minimum Gasteiger partial charge on any atom is -0.463 e. The van der Waals surface area contributed by atoms with Crippen molar-refractivity contribution in [3.8, 4) is 12.1 Å². The minimum atomic E-state index is -1.60. The van der Waals surface area contributed by atoms with Crippen LogP contribution in [0.3, 0.4) is 0 Å². The summed E-state index contributed by atoms with van der Waals surface area (Å²) >= 11 is 0. The van der Waals surface area contributed by atoms with Gasteiger partial charge in [0.25, 0.3) is 0 Å². The molecule has 0 bridgehead atoms. The summed E-state index contributed by atoms with van der Waals surface area (Å²) in [7, 11) is 0. The molecule has 2 heterocycles. The topological polar surface area (TPSA) is 89.5 Å². The molecule has 6 nitrogen and oxygen atoms in total. The molecule has 0 fully saturated rings. The van der Waals surface area contributed by atoms with Gasteiger partial charge in [-0.25, -0.2) is 9.80 Å². The van der Waals surface area contributed by atoms with E-state index in [1.165, 1.54) is 11.1 Å². The second-order valence-corrected chi connectivity index (χ2v) is 4.93. The van der Waals surface area contributed by atoms with E-state index < -0.39 is 17.6 Å². The van der Waals surface area contributed by atoms with Gasteiger partial charge in [-0.2, -0.15) is 15.6 Å². The fraction of sp³-hybridized carbons (Fsp3) is 0.250. The van der Waals surface area contributed by atoms with Gasteiger partial charge in [0.2, 0.25) is 5.54 Å². The first-order chi connectivity index (χ1) is 10.7. The van der Waals surface area contributed by atoms with Gasteiger partial charge in [0.05, 0.1) is 18.4 Å². The maximum absolute atomic E-state index is 12.2. The molecule has 1 aromatic rings. The second-order valence-electron chi connectivity index (χ2n) is 4.93. The van der Waals surface area contributed by atoms with Gasteiger partial charge < -0.3 is 4.74 Å². The summed E-state index contributed by atoms with van der Waals surface area (Å²) in [6.07, 6.45) is 2.95. The highest BCUT2D eigenvalue weighted by atomic mass is 16.5. The SMILES string of the molecule is CCOC(=O)C1=CC(C#N)(C#N)N2N=Cc3ccccc3C12. The molecule has 0 aromatic heterocycles. The van der Waals surface area contributed by atoms with Crippen LogP contribution in [0, 0.1) is 22.7 Å². The smallest absolute Gasteiger partial charge is 0.336 e. The van der Waals surface area contributed by atoms with Gasteiger partial charge in [-0.1, -0.05) is 24.3 Å². The molecule has 108 valence electrons. The van der Waals surface area contributed by atoms with E-state index in [9.17, 15) is 15.3 Å². The van der Waals surface area contributed by atoms with E-state index in [-0.39, 0.29) is 12.2 Å². The van der Waals surface area contributed by atoms with Gasteiger partial charge in [-0.3, -0.25) is 0 Å². The van der Waals surface area contributed by atoms with Gasteiger partial charge in [0.15, 0.2) is 0 Å². The molecule has 2 aliphatic heterocycles. The Labute approximate surface area is 127 Å². The van der Waals surface area contributed by atoms with Gasteiger partial charge >= 0.3 is 5.97 Å². The summed E-state index contributed by atoms with van der Waals surface area (Å²) < 4.78 is 5.07. The van der Waals surface area contributed by atoms with Crippen molar-refractivity contribution in [2.24, 2.45) is 5.10 Å². The van der Waals surface area contributed by atoms with Gasteiger partial charge in [0, 0.05) is 5.56 Å². The Bertz CT molecular complexity index is 768. The molecule has 6 heteroatoms. The molecule has 22 heavy (non-hydrogen) atoms. The van der Waals surface area contributed by atoms with Crippen molar-refractivity contribution >= 4 is 12.2 Å². The van der Waals surface area contributed by atoms with E-state index in [0.717, 1.165) is 11.1 Å². The first-order valence-corrected chi connectivity index (χ1v) is 6.81. The lowest BCUT2D eigenvalue weighted by molar-refractivity contribution is -0.139. The van der Waals surface area contributed by atoms with E-state index in [1.54, 1.807) is 13.1 Å². The number of carbonyl (C=O) groups is 1.